The second kappa shape index (κ2) is 8.20. The van der Waals surface area contributed by atoms with Crippen LogP contribution in [0.4, 0.5) is 17.1 Å². The standard InChI is InChI=1S/C28H25N/c1-4-23-6-5-7-25(20-23)24-12-18-28(19-13-24)29(26-14-8-21(2)9-15-26)27-16-10-22(3)11-17-27/h4-20H,1H2,2-3H3. The molecule has 0 atom stereocenters. The number of hydrogen-bond acceptors (Lipinski definition) is 1. The molecule has 0 bridgehead atoms. The van der Waals surface area contributed by atoms with E-state index in [0.717, 1.165) is 22.6 Å². The highest BCUT2D eigenvalue weighted by Crippen LogP contribution is 2.35. The molecule has 0 aliphatic heterocycles. The number of aryl methyl sites for hydroxylation is 2. The zero-order valence-electron chi connectivity index (χ0n) is 17.0. The minimum absolute atomic E-state index is 1.13. The number of nitrogens with zero attached hydrogens (tertiary/aromatic N) is 1. The molecule has 0 fully saturated rings. The van der Waals surface area contributed by atoms with Crippen LogP contribution in [0.3, 0.4) is 0 Å². The molecule has 1 heteroatoms. The van der Waals surface area contributed by atoms with Crippen molar-refractivity contribution in [1.82, 2.24) is 0 Å². The van der Waals surface area contributed by atoms with Crippen molar-refractivity contribution in [1.29, 1.82) is 0 Å². The summed E-state index contributed by atoms with van der Waals surface area (Å²) in [5.74, 6) is 0. The lowest BCUT2D eigenvalue weighted by Crippen LogP contribution is -2.09. The maximum absolute atomic E-state index is 3.88. The van der Waals surface area contributed by atoms with Gasteiger partial charge in [-0.3, -0.25) is 0 Å². The van der Waals surface area contributed by atoms with Gasteiger partial charge < -0.3 is 4.90 Å². The van der Waals surface area contributed by atoms with Gasteiger partial charge in [0.05, 0.1) is 0 Å². The Morgan fingerprint density at radius 2 is 1.07 bits per heavy atom. The number of hydrogen-bond donors (Lipinski definition) is 0. The van der Waals surface area contributed by atoms with E-state index in [9.17, 15) is 0 Å². The summed E-state index contributed by atoms with van der Waals surface area (Å²) in [6.07, 6.45) is 1.88. The summed E-state index contributed by atoms with van der Waals surface area (Å²) in [5.41, 5.74) is 9.50. The topological polar surface area (TPSA) is 3.24 Å². The Morgan fingerprint density at radius 1 is 0.586 bits per heavy atom. The minimum Gasteiger partial charge on any atom is -0.311 e. The second-order valence-electron chi connectivity index (χ2n) is 7.38. The molecule has 0 heterocycles. The van der Waals surface area contributed by atoms with Crippen LogP contribution in [-0.4, -0.2) is 0 Å². The molecular formula is C28H25N. The Kier molecular flexibility index (Phi) is 5.31. The summed E-state index contributed by atoms with van der Waals surface area (Å²) >= 11 is 0. The predicted molar refractivity (Wildman–Crippen MR) is 126 cm³/mol. The van der Waals surface area contributed by atoms with Crippen LogP contribution >= 0.6 is 0 Å². The second-order valence-corrected chi connectivity index (χ2v) is 7.38. The smallest absolute Gasteiger partial charge is 0.0462 e. The van der Waals surface area contributed by atoms with E-state index in [1.165, 1.54) is 22.3 Å². The fourth-order valence-electron chi connectivity index (χ4n) is 3.48. The van der Waals surface area contributed by atoms with Gasteiger partial charge in [-0.15, -0.1) is 0 Å². The van der Waals surface area contributed by atoms with E-state index in [1.54, 1.807) is 0 Å². The van der Waals surface area contributed by atoms with Gasteiger partial charge >= 0.3 is 0 Å². The maximum atomic E-state index is 3.88. The van der Waals surface area contributed by atoms with Crippen LogP contribution in [0, 0.1) is 13.8 Å². The van der Waals surface area contributed by atoms with E-state index in [2.05, 4.69) is 122 Å². The van der Waals surface area contributed by atoms with Crippen LogP contribution in [0.1, 0.15) is 16.7 Å². The molecule has 4 rings (SSSR count). The third kappa shape index (κ3) is 4.14. The molecular weight excluding hydrogens is 350 g/mol. The van der Waals surface area contributed by atoms with Crippen molar-refractivity contribution in [3.8, 4) is 11.1 Å². The van der Waals surface area contributed by atoms with Gasteiger partial charge in [0, 0.05) is 17.1 Å². The Bertz CT molecular complexity index is 1060. The fraction of sp³-hybridized carbons (Fsp3) is 0.0714. The molecule has 0 amide bonds. The van der Waals surface area contributed by atoms with Gasteiger partial charge in [-0.2, -0.15) is 0 Å². The monoisotopic (exact) mass is 375 g/mol. The lowest BCUT2D eigenvalue weighted by molar-refractivity contribution is 1.27. The molecule has 29 heavy (non-hydrogen) atoms. The Morgan fingerprint density at radius 3 is 1.55 bits per heavy atom. The maximum Gasteiger partial charge on any atom is 0.0462 e. The summed E-state index contributed by atoms with van der Waals surface area (Å²) in [5, 5.41) is 0. The average Bonchev–Trinajstić information content (AvgIpc) is 2.77. The molecule has 0 unspecified atom stereocenters. The molecule has 4 aromatic carbocycles. The summed E-state index contributed by atoms with van der Waals surface area (Å²) in [4.78, 5) is 2.29. The molecule has 0 saturated carbocycles. The van der Waals surface area contributed by atoms with E-state index >= 15 is 0 Å². The van der Waals surface area contributed by atoms with Gasteiger partial charge in [-0.05, 0) is 73.0 Å². The summed E-state index contributed by atoms with van der Waals surface area (Å²) < 4.78 is 0. The minimum atomic E-state index is 1.13. The molecule has 0 aliphatic rings. The van der Waals surface area contributed by atoms with Crippen molar-refractivity contribution in [2.75, 3.05) is 4.90 Å². The SMILES string of the molecule is C=Cc1cccc(-c2ccc(N(c3ccc(C)cc3)c3ccc(C)cc3)cc2)c1. The first-order valence-corrected chi connectivity index (χ1v) is 9.90. The van der Waals surface area contributed by atoms with Crippen molar-refractivity contribution in [2.45, 2.75) is 13.8 Å². The van der Waals surface area contributed by atoms with Gasteiger partial charge in [0.1, 0.15) is 0 Å². The zero-order valence-corrected chi connectivity index (χ0v) is 17.0. The quantitative estimate of drug-likeness (QED) is 0.341. The molecule has 0 spiro atoms. The molecule has 0 aromatic heterocycles. The Hall–Kier alpha value is -3.58. The largest absolute Gasteiger partial charge is 0.311 e. The Balaban J connectivity index is 1.75. The van der Waals surface area contributed by atoms with E-state index < -0.39 is 0 Å². The molecule has 0 radical (unpaired) electrons. The third-order valence-electron chi connectivity index (χ3n) is 5.17. The van der Waals surface area contributed by atoms with Gasteiger partial charge in [0.15, 0.2) is 0 Å². The van der Waals surface area contributed by atoms with Crippen molar-refractivity contribution in [3.63, 3.8) is 0 Å². The predicted octanol–water partition coefficient (Wildman–Crippen LogP) is 8.08. The van der Waals surface area contributed by atoms with E-state index in [1.807, 2.05) is 6.08 Å². The van der Waals surface area contributed by atoms with Gasteiger partial charge in [-0.1, -0.05) is 78.4 Å². The summed E-state index contributed by atoms with van der Waals surface area (Å²) in [7, 11) is 0. The van der Waals surface area contributed by atoms with Gasteiger partial charge in [-0.25, -0.2) is 0 Å². The Labute approximate surface area is 173 Å². The van der Waals surface area contributed by atoms with Gasteiger partial charge in [0.25, 0.3) is 0 Å². The van der Waals surface area contributed by atoms with Crippen LogP contribution in [0.25, 0.3) is 17.2 Å². The van der Waals surface area contributed by atoms with Gasteiger partial charge in [0.2, 0.25) is 0 Å². The highest BCUT2D eigenvalue weighted by molar-refractivity contribution is 5.78. The van der Waals surface area contributed by atoms with Crippen molar-refractivity contribution in [3.05, 3.63) is 120 Å². The van der Waals surface area contributed by atoms with Crippen LogP contribution < -0.4 is 4.90 Å². The highest BCUT2D eigenvalue weighted by Gasteiger charge is 2.12. The molecule has 4 aromatic rings. The zero-order chi connectivity index (χ0) is 20.2. The average molecular weight is 376 g/mol. The van der Waals surface area contributed by atoms with E-state index in [0.29, 0.717) is 0 Å². The van der Waals surface area contributed by atoms with Crippen molar-refractivity contribution >= 4 is 23.1 Å². The highest BCUT2D eigenvalue weighted by atomic mass is 15.1. The van der Waals surface area contributed by atoms with Crippen LogP contribution in [0.2, 0.25) is 0 Å². The molecule has 0 aliphatic carbocycles. The molecule has 0 N–H and O–H groups in total. The number of benzene rings is 4. The lowest BCUT2D eigenvalue weighted by Gasteiger charge is -2.26. The van der Waals surface area contributed by atoms with E-state index in [4.69, 9.17) is 0 Å². The van der Waals surface area contributed by atoms with E-state index in [-0.39, 0.29) is 0 Å². The first kappa shape index (κ1) is 18.8. The molecule has 0 saturated heterocycles. The third-order valence-corrected chi connectivity index (χ3v) is 5.17. The van der Waals surface area contributed by atoms with Crippen LogP contribution in [0.15, 0.2) is 104 Å². The lowest BCUT2D eigenvalue weighted by atomic mass is 10.0. The van der Waals surface area contributed by atoms with Crippen LogP contribution in [0.5, 0.6) is 0 Å². The summed E-state index contributed by atoms with van der Waals surface area (Å²) in [6.45, 7) is 8.11. The summed E-state index contributed by atoms with van der Waals surface area (Å²) in [6, 6.07) is 34.5. The fourth-order valence-corrected chi connectivity index (χ4v) is 3.48. The molecule has 142 valence electrons. The van der Waals surface area contributed by atoms with Crippen molar-refractivity contribution in [2.24, 2.45) is 0 Å². The van der Waals surface area contributed by atoms with Crippen LogP contribution in [-0.2, 0) is 0 Å². The van der Waals surface area contributed by atoms with Crippen molar-refractivity contribution < 1.29 is 0 Å². The molecule has 1 nitrogen and oxygen atoms in total. The normalized spacial score (nSPS) is 10.6. The number of anilines is 3. The number of rotatable bonds is 5. The first-order valence-electron chi connectivity index (χ1n) is 9.90. The first-order chi connectivity index (χ1) is 14.1.